The van der Waals surface area contributed by atoms with Crippen LogP contribution < -0.4 is 5.56 Å². The molecule has 3 aromatic rings. The second kappa shape index (κ2) is 5.72. The lowest BCUT2D eigenvalue weighted by atomic mass is 9.98. The number of benzene rings is 2. The Morgan fingerprint density at radius 2 is 1.78 bits per heavy atom. The number of aromatic nitrogens is 1. The van der Waals surface area contributed by atoms with E-state index in [0.717, 1.165) is 16.3 Å². The fraction of sp³-hybridized carbons (Fsp3) is 0.158. The van der Waals surface area contributed by atoms with Crippen LogP contribution in [-0.4, -0.2) is 15.6 Å². The number of aromatic carboxylic acids is 1. The van der Waals surface area contributed by atoms with Crippen LogP contribution in [0.3, 0.4) is 0 Å². The first-order valence-corrected chi connectivity index (χ1v) is 7.38. The molecule has 0 aliphatic rings. The highest BCUT2D eigenvalue weighted by molar-refractivity contribution is 5.89. The van der Waals surface area contributed by atoms with Gasteiger partial charge in [0.1, 0.15) is 0 Å². The van der Waals surface area contributed by atoms with Crippen LogP contribution in [0.2, 0.25) is 0 Å². The van der Waals surface area contributed by atoms with Crippen molar-refractivity contribution in [2.45, 2.75) is 13.3 Å². The molecule has 0 amide bonds. The number of nitrogens with zero attached hydrogens (tertiary/aromatic N) is 1. The lowest BCUT2D eigenvalue weighted by Gasteiger charge is -2.12. The summed E-state index contributed by atoms with van der Waals surface area (Å²) < 4.78 is 1.41. The van der Waals surface area contributed by atoms with Crippen molar-refractivity contribution in [3.8, 4) is 0 Å². The summed E-state index contributed by atoms with van der Waals surface area (Å²) in [6.07, 6.45) is 0.411. The van der Waals surface area contributed by atoms with E-state index in [9.17, 15) is 14.7 Å². The standard InChI is InChI=1S/C19H17NO3/c1-12-17(19(22)23)11-15(18(21)20(12)2)10-14-8-5-7-13-6-3-4-9-16(13)14/h3-9,11H,10H2,1-2H3,(H,22,23). The predicted octanol–water partition coefficient (Wildman–Crippen LogP) is 3.14. The van der Waals surface area contributed by atoms with Gasteiger partial charge < -0.3 is 9.67 Å². The Morgan fingerprint density at radius 1 is 1.09 bits per heavy atom. The minimum Gasteiger partial charge on any atom is -0.478 e. The molecule has 116 valence electrons. The average molecular weight is 307 g/mol. The second-order valence-electron chi connectivity index (χ2n) is 5.65. The van der Waals surface area contributed by atoms with Crippen molar-refractivity contribution in [1.82, 2.24) is 4.57 Å². The van der Waals surface area contributed by atoms with Gasteiger partial charge in [0.05, 0.1) is 5.56 Å². The van der Waals surface area contributed by atoms with E-state index in [-0.39, 0.29) is 11.1 Å². The number of pyridine rings is 1. The van der Waals surface area contributed by atoms with Crippen LogP contribution in [0.1, 0.15) is 27.2 Å². The number of fused-ring (bicyclic) bond motifs is 1. The van der Waals surface area contributed by atoms with Crippen molar-refractivity contribution in [1.29, 1.82) is 0 Å². The Morgan fingerprint density at radius 3 is 2.52 bits per heavy atom. The van der Waals surface area contributed by atoms with Crippen LogP contribution in [0.4, 0.5) is 0 Å². The van der Waals surface area contributed by atoms with Crippen LogP contribution >= 0.6 is 0 Å². The molecule has 3 rings (SSSR count). The van der Waals surface area contributed by atoms with E-state index in [4.69, 9.17) is 0 Å². The molecule has 4 heteroatoms. The first-order valence-electron chi connectivity index (χ1n) is 7.38. The van der Waals surface area contributed by atoms with Gasteiger partial charge in [-0.25, -0.2) is 4.79 Å². The SMILES string of the molecule is Cc1c(C(=O)O)cc(Cc2cccc3ccccc23)c(=O)n1C. The second-order valence-corrected chi connectivity index (χ2v) is 5.65. The molecule has 0 aliphatic heterocycles. The summed E-state index contributed by atoms with van der Waals surface area (Å²) in [5, 5.41) is 11.5. The molecule has 1 aromatic heterocycles. The molecular formula is C19H17NO3. The van der Waals surface area contributed by atoms with Gasteiger partial charge in [0.2, 0.25) is 0 Å². The van der Waals surface area contributed by atoms with Crippen molar-refractivity contribution in [3.63, 3.8) is 0 Å². The van der Waals surface area contributed by atoms with Gasteiger partial charge in [-0.2, -0.15) is 0 Å². The summed E-state index contributed by atoms with van der Waals surface area (Å²) in [5.41, 5.74) is 1.99. The Bertz CT molecular complexity index is 965. The Balaban J connectivity index is 2.16. The number of carbonyl (C=O) groups is 1. The predicted molar refractivity (Wildman–Crippen MR) is 90.1 cm³/mol. The average Bonchev–Trinajstić information content (AvgIpc) is 2.55. The number of hydrogen-bond donors (Lipinski definition) is 1. The van der Waals surface area contributed by atoms with E-state index in [1.54, 1.807) is 14.0 Å². The molecule has 0 atom stereocenters. The summed E-state index contributed by atoms with van der Waals surface area (Å²) in [7, 11) is 1.61. The largest absolute Gasteiger partial charge is 0.478 e. The first-order chi connectivity index (χ1) is 11.0. The lowest BCUT2D eigenvalue weighted by Crippen LogP contribution is -2.25. The normalized spacial score (nSPS) is 10.9. The zero-order valence-electron chi connectivity index (χ0n) is 13.0. The summed E-state index contributed by atoms with van der Waals surface area (Å²) in [4.78, 5) is 23.9. The maximum absolute atomic E-state index is 12.5. The molecule has 0 saturated heterocycles. The third-order valence-corrected chi connectivity index (χ3v) is 4.28. The number of carboxylic acid groups (broad SMARTS) is 1. The van der Waals surface area contributed by atoms with Gasteiger partial charge in [0, 0.05) is 24.7 Å². The maximum atomic E-state index is 12.5. The van der Waals surface area contributed by atoms with E-state index >= 15 is 0 Å². The van der Waals surface area contributed by atoms with Crippen LogP contribution in [-0.2, 0) is 13.5 Å². The third kappa shape index (κ3) is 2.63. The first kappa shape index (κ1) is 15.0. The van der Waals surface area contributed by atoms with Gasteiger partial charge in [-0.1, -0.05) is 42.5 Å². The highest BCUT2D eigenvalue weighted by atomic mass is 16.4. The third-order valence-electron chi connectivity index (χ3n) is 4.28. The smallest absolute Gasteiger partial charge is 0.337 e. The van der Waals surface area contributed by atoms with E-state index in [2.05, 4.69) is 0 Å². The Hall–Kier alpha value is -2.88. The molecule has 0 radical (unpaired) electrons. The molecule has 4 nitrogen and oxygen atoms in total. The molecule has 2 aromatic carbocycles. The fourth-order valence-corrected chi connectivity index (χ4v) is 2.88. The van der Waals surface area contributed by atoms with Gasteiger partial charge in [-0.3, -0.25) is 4.79 Å². The van der Waals surface area contributed by atoms with Gasteiger partial charge in [-0.05, 0) is 29.3 Å². The molecule has 0 spiro atoms. The molecule has 0 aliphatic carbocycles. The summed E-state index contributed by atoms with van der Waals surface area (Å²) >= 11 is 0. The quantitative estimate of drug-likeness (QED) is 0.808. The van der Waals surface area contributed by atoms with E-state index in [1.165, 1.54) is 10.6 Å². The van der Waals surface area contributed by atoms with Gasteiger partial charge in [-0.15, -0.1) is 0 Å². The summed E-state index contributed by atoms with van der Waals surface area (Å²) in [5.74, 6) is -1.02. The molecule has 1 heterocycles. The highest BCUT2D eigenvalue weighted by Crippen LogP contribution is 2.21. The molecule has 0 fully saturated rings. The van der Waals surface area contributed by atoms with Crippen LogP contribution in [0.5, 0.6) is 0 Å². The summed E-state index contributed by atoms with van der Waals surface area (Å²) in [6, 6.07) is 15.4. The number of carboxylic acids is 1. The van der Waals surface area contributed by atoms with Crippen molar-refractivity contribution >= 4 is 16.7 Å². The van der Waals surface area contributed by atoms with Crippen LogP contribution in [0.15, 0.2) is 53.3 Å². The lowest BCUT2D eigenvalue weighted by molar-refractivity contribution is 0.0694. The fourth-order valence-electron chi connectivity index (χ4n) is 2.88. The van der Waals surface area contributed by atoms with Gasteiger partial charge in [0.15, 0.2) is 0 Å². The topological polar surface area (TPSA) is 59.3 Å². The van der Waals surface area contributed by atoms with E-state index in [1.807, 2.05) is 42.5 Å². The van der Waals surface area contributed by atoms with Crippen LogP contribution in [0, 0.1) is 6.92 Å². The maximum Gasteiger partial charge on any atom is 0.337 e. The van der Waals surface area contributed by atoms with Crippen molar-refractivity contribution < 1.29 is 9.90 Å². The van der Waals surface area contributed by atoms with E-state index in [0.29, 0.717) is 17.7 Å². The van der Waals surface area contributed by atoms with Gasteiger partial charge >= 0.3 is 5.97 Å². The Labute approximate surface area is 133 Å². The van der Waals surface area contributed by atoms with Gasteiger partial charge in [0.25, 0.3) is 5.56 Å². The molecule has 1 N–H and O–H groups in total. The Kier molecular flexibility index (Phi) is 3.74. The van der Waals surface area contributed by atoms with E-state index < -0.39 is 5.97 Å². The monoisotopic (exact) mass is 307 g/mol. The van der Waals surface area contributed by atoms with Crippen molar-refractivity contribution in [2.75, 3.05) is 0 Å². The minimum absolute atomic E-state index is 0.152. The van der Waals surface area contributed by atoms with Crippen molar-refractivity contribution in [2.24, 2.45) is 7.05 Å². The molecule has 0 saturated carbocycles. The molecular weight excluding hydrogens is 290 g/mol. The number of rotatable bonds is 3. The van der Waals surface area contributed by atoms with Crippen LogP contribution in [0.25, 0.3) is 10.8 Å². The van der Waals surface area contributed by atoms with Crippen molar-refractivity contribution in [3.05, 3.63) is 81.3 Å². The highest BCUT2D eigenvalue weighted by Gasteiger charge is 2.15. The molecule has 0 bridgehead atoms. The minimum atomic E-state index is -1.02. The molecule has 0 unspecified atom stereocenters. The summed E-state index contributed by atoms with van der Waals surface area (Å²) in [6.45, 7) is 1.65. The zero-order chi connectivity index (χ0) is 16.6. The zero-order valence-corrected chi connectivity index (χ0v) is 13.0. The molecule has 23 heavy (non-hydrogen) atoms. The number of hydrogen-bond acceptors (Lipinski definition) is 2.